The molecule has 9 nitrogen and oxygen atoms in total. The van der Waals surface area contributed by atoms with Gasteiger partial charge in [0.05, 0.1) is 17.2 Å². The first kappa shape index (κ1) is 19.1. The molecule has 5 N–H and O–H groups in total. The molecule has 31 heavy (non-hydrogen) atoms. The van der Waals surface area contributed by atoms with E-state index in [2.05, 4.69) is 5.10 Å². The summed E-state index contributed by atoms with van der Waals surface area (Å²) in [7, 11) is 0. The number of hydrogen-bond donors (Lipinski definition) is 4. The summed E-state index contributed by atoms with van der Waals surface area (Å²) < 4.78 is 1.60. The lowest BCUT2D eigenvalue weighted by molar-refractivity contribution is -0.126. The number of allylic oxidation sites excluding steroid dienone is 3. The van der Waals surface area contributed by atoms with Crippen LogP contribution in [0.1, 0.15) is 28.8 Å². The number of carbonyl (C=O) groups excluding carboxylic acids is 3. The second kappa shape index (κ2) is 6.56. The Morgan fingerprint density at radius 2 is 1.94 bits per heavy atom. The van der Waals surface area contributed by atoms with Crippen LogP contribution in [-0.2, 0) is 16.0 Å². The lowest BCUT2D eigenvalue weighted by Crippen LogP contribution is -2.43. The van der Waals surface area contributed by atoms with Gasteiger partial charge in [-0.1, -0.05) is 0 Å². The molecule has 0 radical (unpaired) electrons. The number of phenols is 1. The number of phenolic OH excluding ortho intramolecular Hbond substituents is 1. The summed E-state index contributed by atoms with van der Waals surface area (Å²) in [4.78, 5) is 37.9. The second-order valence-electron chi connectivity index (χ2n) is 8.16. The number of hydrogen-bond acceptors (Lipinski definition) is 7. The van der Waals surface area contributed by atoms with Gasteiger partial charge in [-0.25, -0.2) is 4.68 Å². The van der Waals surface area contributed by atoms with E-state index in [4.69, 9.17) is 5.73 Å². The molecule has 0 fully saturated rings. The van der Waals surface area contributed by atoms with Gasteiger partial charge in [0, 0.05) is 24.4 Å². The summed E-state index contributed by atoms with van der Waals surface area (Å²) >= 11 is 0. The smallest absolute Gasteiger partial charge is 0.255 e. The van der Waals surface area contributed by atoms with Crippen LogP contribution in [0.2, 0.25) is 0 Å². The predicted octanol–water partition coefficient (Wildman–Crippen LogP) is 1.65. The van der Waals surface area contributed by atoms with Crippen molar-refractivity contribution in [3.63, 3.8) is 0 Å². The van der Waals surface area contributed by atoms with E-state index in [0.717, 1.165) is 0 Å². The van der Waals surface area contributed by atoms with Gasteiger partial charge in [-0.3, -0.25) is 14.4 Å². The Labute approximate surface area is 176 Å². The number of Topliss-reactive ketones (excluding diaryl/α,β-unsaturated/α-hetero) is 2. The minimum atomic E-state index is -1.12. The summed E-state index contributed by atoms with van der Waals surface area (Å²) in [6.07, 6.45) is 4.03. The minimum absolute atomic E-state index is 0.00954. The fourth-order valence-corrected chi connectivity index (χ4v) is 5.25. The number of carbonyl (C=O) groups is 3. The van der Waals surface area contributed by atoms with Crippen molar-refractivity contribution < 1.29 is 29.7 Å². The highest BCUT2D eigenvalue weighted by Gasteiger charge is 2.50. The van der Waals surface area contributed by atoms with Crippen LogP contribution in [0.25, 0.3) is 5.69 Å². The van der Waals surface area contributed by atoms with E-state index in [1.807, 2.05) is 0 Å². The SMILES string of the molecule is NC(=O)C1=C(O)CC2CC3Cc4c(-n5cccn5)ccc(O)c4C(=O)C3=C(O)C2C1=O. The molecule has 0 saturated heterocycles. The number of ketones is 2. The second-order valence-corrected chi connectivity index (χ2v) is 8.16. The van der Waals surface area contributed by atoms with Crippen LogP contribution in [0.3, 0.4) is 0 Å². The maximum atomic E-state index is 13.4. The van der Waals surface area contributed by atoms with Crippen molar-refractivity contribution in [2.45, 2.75) is 19.3 Å². The monoisotopic (exact) mass is 421 g/mol. The maximum Gasteiger partial charge on any atom is 0.255 e. The highest BCUT2D eigenvalue weighted by molar-refractivity contribution is 6.22. The van der Waals surface area contributed by atoms with Crippen LogP contribution in [0, 0.1) is 17.8 Å². The molecule has 3 unspecified atom stereocenters. The predicted molar refractivity (Wildman–Crippen MR) is 106 cm³/mol. The third-order valence-electron chi connectivity index (χ3n) is 6.50. The normalized spacial score (nSPS) is 25.2. The molecule has 2 aromatic rings. The number of nitrogens with zero attached hydrogens (tertiary/aromatic N) is 2. The van der Waals surface area contributed by atoms with E-state index >= 15 is 0 Å². The first-order valence-corrected chi connectivity index (χ1v) is 9.88. The third-order valence-corrected chi connectivity index (χ3v) is 6.50. The molecule has 3 atom stereocenters. The number of primary amides is 1. The minimum Gasteiger partial charge on any atom is -0.511 e. The number of nitrogens with two attached hydrogens (primary N) is 1. The van der Waals surface area contributed by atoms with E-state index in [1.54, 1.807) is 29.2 Å². The molecule has 158 valence electrons. The quantitative estimate of drug-likeness (QED) is 0.537. The molecular weight excluding hydrogens is 402 g/mol. The lowest BCUT2D eigenvalue weighted by atomic mass is 9.62. The molecular formula is C22H19N3O6. The fourth-order valence-electron chi connectivity index (χ4n) is 5.25. The van der Waals surface area contributed by atoms with Crippen molar-refractivity contribution in [3.8, 4) is 11.4 Å². The zero-order chi connectivity index (χ0) is 22.0. The Balaban J connectivity index is 1.66. The van der Waals surface area contributed by atoms with Gasteiger partial charge >= 0.3 is 0 Å². The number of fused-ring (bicyclic) bond motifs is 3. The summed E-state index contributed by atoms with van der Waals surface area (Å²) in [5.74, 6) is -5.41. The number of rotatable bonds is 2. The van der Waals surface area contributed by atoms with Gasteiger partial charge in [0.15, 0.2) is 11.6 Å². The van der Waals surface area contributed by atoms with Crippen LogP contribution in [0.4, 0.5) is 0 Å². The van der Waals surface area contributed by atoms with Gasteiger partial charge in [0.1, 0.15) is 22.8 Å². The summed E-state index contributed by atoms with van der Waals surface area (Å²) in [5, 5.41) is 35.8. The molecule has 1 aromatic heterocycles. The Morgan fingerprint density at radius 1 is 1.16 bits per heavy atom. The number of aromatic hydroxyl groups is 1. The van der Waals surface area contributed by atoms with Crippen molar-refractivity contribution in [3.05, 3.63) is 64.4 Å². The highest BCUT2D eigenvalue weighted by atomic mass is 16.3. The zero-order valence-corrected chi connectivity index (χ0v) is 16.3. The molecule has 1 aromatic carbocycles. The Hall–Kier alpha value is -3.88. The number of aliphatic hydroxyl groups is 2. The zero-order valence-electron chi connectivity index (χ0n) is 16.3. The Kier molecular flexibility index (Phi) is 4.04. The van der Waals surface area contributed by atoms with Gasteiger partial charge in [0.2, 0.25) is 0 Å². The van der Waals surface area contributed by atoms with Gasteiger partial charge < -0.3 is 21.1 Å². The standard InChI is InChI=1S/C22H19N3O6/c23-22(31)18-14(27)8-10-6-9-7-11-12(25-5-1-4-24-25)2-3-13(26)17(11)20(29)15(9)19(28)16(10)21(18)30/h1-5,9-10,16,26-28H,6-8H2,(H2,23,31). The third kappa shape index (κ3) is 2.62. The van der Waals surface area contributed by atoms with Crippen molar-refractivity contribution >= 4 is 17.5 Å². The number of benzene rings is 1. The van der Waals surface area contributed by atoms with E-state index < -0.39 is 46.6 Å². The molecule has 9 heteroatoms. The molecule has 0 spiro atoms. The average Bonchev–Trinajstić information content (AvgIpc) is 3.21. The molecule has 0 bridgehead atoms. The molecule has 1 heterocycles. The van der Waals surface area contributed by atoms with E-state index in [0.29, 0.717) is 24.1 Å². The number of aliphatic hydroxyl groups excluding tert-OH is 2. The van der Waals surface area contributed by atoms with Gasteiger partial charge in [-0.2, -0.15) is 5.10 Å². The average molecular weight is 421 g/mol. The first-order valence-electron chi connectivity index (χ1n) is 9.88. The van der Waals surface area contributed by atoms with Gasteiger partial charge in [-0.15, -0.1) is 0 Å². The van der Waals surface area contributed by atoms with E-state index in [1.165, 1.54) is 6.07 Å². The van der Waals surface area contributed by atoms with E-state index in [-0.39, 0.29) is 29.1 Å². The summed E-state index contributed by atoms with van der Waals surface area (Å²) in [6, 6.07) is 4.81. The van der Waals surface area contributed by atoms with Crippen LogP contribution in [0.15, 0.2) is 53.3 Å². The summed E-state index contributed by atoms with van der Waals surface area (Å²) in [5.41, 5.74) is 6.10. The lowest BCUT2D eigenvalue weighted by Gasteiger charge is -2.41. The first-order chi connectivity index (χ1) is 14.8. The van der Waals surface area contributed by atoms with Crippen molar-refractivity contribution in [1.82, 2.24) is 9.78 Å². The van der Waals surface area contributed by atoms with Crippen LogP contribution in [0.5, 0.6) is 5.75 Å². The number of aromatic nitrogens is 2. The van der Waals surface area contributed by atoms with Gasteiger partial charge in [0.25, 0.3) is 5.91 Å². The molecule has 3 aliphatic carbocycles. The Morgan fingerprint density at radius 3 is 2.61 bits per heavy atom. The molecule has 0 aliphatic heterocycles. The topological polar surface area (TPSA) is 156 Å². The Bertz CT molecular complexity index is 1220. The van der Waals surface area contributed by atoms with Gasteiger partial charge in [-0.05, 0) is 48.4 Å². The summed E-state index contributed by atoms with van der Waals surface area (Å²) in [6.45, 7) is 0. The molecule has 1 amide bonds. The maximum absolute atomic E-state index is 13.4. The van der Waals surface area contributed by atoms with Crippen molar-refractivity contribution in [2.75, 3.05) is 0 Å². The highest BCUT2D eigenvalue weighted by Crippen LogP contribution is 2.50. The van der Waals surface area contributed by atoms with Crippen LogP contribution >= 0.6 is 0 Å². The largest absolute Gasteiger partial charge is 0.511 e. The van der Waals surface area contributed by atoms with Crippen LogP contribution in [-0.4, -0.2) is 42.6 Å². The van der Waals surface area contributed by atoms with E-state index in [9.17, 15) is 29.7 Å². The fraction of sp³-hybridized carbons (Fsp3) is 0.273. The number of amides is 1. The van der Waals surface area contributed by atoms with Crippen molar-refractivity contribution in [2.24, 2.45) is 23.5 Å². The molecule has 0 saturated carbocycles. The van der Waals surface area contributed by atoms with Crippen molar-refractivity contribution in [1.29, 1.82) is 0 Å². The molecule has 5 rings (SSSR count). The molecule has 3 aliphatic rings. The van der Waals surface area contributed by atoms with Crippen LogP contribution < -0.4 is 5.73 Å².